The number of nitrogens with one attached hydrogen (secondary N) is 1. The van der Waals surface area contributed by atoms with Crippen molar-refractivity contribution >= 4 is 52.3 Å². The van der Waals surface area contributed by atoms with Crippen LogP contribution in [0, 0.1) is 18.8 Å². The first-order valence-electron chi connectivity index (χ1n) is 10.5. The number of aryl methyl sites for hydroxylation is 1. The molecule has 1 aliphatic carbocycles. The molecule has 10 nitrogen and oxygen atoms in total. The van der Waals surface area contributed by atoms with Crippen molar-refractivity contribution in [2.75, 3.05) is 5.32 Å². The van der Waals surface area contributed by atoms with Gasteiger partial charge in [0.2, 0.25) is 11.5 Å². The van der Waals surface area contributed by atoms with Crippen molar-refractivity contribution in [2.45, 2.75) is 38.2 Å². The maximum absolute atomic E-state index is 12.5. The zero-order valence-corrected chi connectivity index (χ0v) is 20.0. The summed E-state index contributed by atoms with van der Waals surface area (Å²) >= 11 is 7.15. The van der Waals surface area contributed by atoms with Crippen LogP contribution in [-0.4, -0.2) is 31.5 Å². The molecular weight excluding hydrogens is 496 g/mol. The summed E-state index contributed by atoms with van der Waals surface area (Å²) in [5.41, 5.74) is 1.32. The van der Waals surface area contributed by atoms with Gasteiger partial charge in [0.25, 0.3) is 5.89 Å². The van der Waals surface area contributed by atoms with Crippen molar-refractivity contribution in [3.05, 3.63) is 57.2 Å². The minimum Gasteiger partial charge on any atom is -0.480 e. The molecule has 12 heteroatoms. The molecule has 0 spiro atoms. The van der Waals surface area contributed by atoms with Gasteiger partial charge in [0, 0.05) is 5.92 Å². The summed E-state index contributed by atoms with van der Waals surface area (Å²) in [6, 6.07) is 7.61. The normalized spacial score (nSPS) is 14.7. The Hall–Kier alpha value is -3.88. The highest BCUT2D eigenvalue weighted by atomic mass is 35.5. The quantitative estimate of drug-likeness (QED) is 0.351. The molecule has 1 atom stereocenters. The number of amides is 1. The number of oxazole rings is 2. The maximum Gasteiger partial charge on any atom is 0.412 e. The van der Waals surface area contributed by atoms with Crippen LogP contribution in [0.3, 0.4) is 0 Å². The number of aliphatic carboxylic acids is 1. The molecule has 1 amide bonds. The van der Waals surface area contributed by atoms with Crippen LogP contribution < -0.4 is 5.32 Å². The smallest absolute Gasteiger partial charge is 0.412 e. The fourth-order valence-corrected chi connectivity index (χ4v) is 4.31. The van der Waals surface area contributed by atoms with Gasteiger partial charge in [-0.05, 0) is 55.3 Å². The second kappa shape index (κ2) is 8.72. The molecule has 1 aromatic carbocycles. The topological polar surface area (TPSA) is 141 Å². The van der Waals surface area contributed by atoms with Gasteiger partial charge in [-0.15, -0.1) is 0 Å². The molecule has 1 unspecified atom stereocenters. The zero-order chi connectivity index (χ0) is 24.7. The summed E-state index contributed by atoms with van der Waals surface area (Å²) in [6.45, 7) is 3.71. The summed E-state index contributed by atoms with van der Waals surface area (Å²) < 4.78 is 20.7. The van der Waals surface area contributed by atoms with Gasteiger partial charge in [-0.2, -0.15) is 14.3 Å². The van der Waals surface area contributed by atoms with Gasteiger partial charge >= 0.3 is 17.8 Å². The van der Waals surface area contributed by atoms with Crippen LogP contribution in [0.1, 0.15) is 54.5 Å². The monoisotopic (exact) mass is 512 g/mol. The Morgan fingerprint density at radius 1 is 1.26 bits per heavy atom. The first kappa shape index (κ1) is 22.9. The van der Waals surface area contributed by atoms with Gasteiger partial charge in [-0.25, -0.2) is 4.79 Å². The molecule has 4 aromatic rings. The lowest BCUT2D eigenvalue weighted by Gasteiger charge is -2.16. The van der Waals surface area contributed by atoms with E-state index in [1.807, 2.05) is 31.2 Å². The molecule has 0 radical (unpaired) electrons. The largest absolute Gasteiger partial charge is 0.480 e. The number of ether oxygens (including phenoxy) is 1. The Bertz CT molecular complexity index is 1490. The molecule has 1 aliphatic rings. The number of carbonyl (C=O) groups is 2. The van der Waals surface area contributed by atoms with Crippen LogP contribution in [0.25, 0.3) is 11.4 Å². The van der Waals surface area contributed by atoms with Gasteiger partial charge in [-0.3, -0.25) is 10.1 Å². The number of hydrogen-bond acceptors (Lipinski definition) is 9. The van der Waals surface area contributed by atoms with E-state index in [1.54, 1.807) is 6.92 Å². The third kappa shape index (κ3) is 4.34. The number of carboxylic acids is 1. The van der Waals surface area contributed by atoms with Crippen LogP contribution in [0.5, 0.6) is 0 Å². The Kier molecular flexibility index (Phi) is 5.70. The number of carbonyl (C=O) groups excluding carboxylic acids is 1. The molecule has 3 aromatic heterocycles. The highest BCUT2D eigenvalue weighted by Crippen LogP contribution is 2.48. The number of aromatic nitrogens is 3. The second-order valence-electron chi connectivity index (χ2n) is 8.00. The van der Waals surface area contributed by atoms with Crippen LogP contribution in [-0.2, 0) is 14.9 Å². The van der Waals surface area contributed by atoms with Crippen molar-refractivity contribution in [3.63, 3.8) is 0 Å². The number of benzene rings is 1. The lowest BCUT2D eigenvalue weighted by molar-refractivity contribution is -0.140. The zero-order valence-electron chi connectivity index (χ0n) is 18.4. The molecule has 35 heavy (non-hydrogen) atoms. The summed E-state index contributed by atoms with van der Waals surface area (Å²) in [5.74, 6) is 4.49. The van der Waals surface area contributed by atoms with E-state index in [0.717, 1.165) is 22.7 Å². The molecule has 1 fully saturated rings. The van der Waals surface area contributed by atoms with Crippen molar-refractivity contribution in [1.29, 1.82) is 0 Å². The van der Waals surface area contributed by atoms with Crippen LogP contribution >= 0.6 is 23.1 Å². The van der Waals surface area contributed by atoms with E-state index in [-0.39, 0.29) is 38.9 Å². The summed E-state index contributed by atoms with van der Waals surface area (Å²) in [4.78, 5) is 32.2. The minimum absolute atomic E-state index is 0.0104. The predicted molar refractivity (Wildman–Crippen MR) is 125 cm³/mol. The second-order valence-corrected chi connectivity index (χ2v) is 9.37. The van der Waals surface area contributed by atoms with E-state index >= 15 is 0 Å². The third-order valence-electron chi connectivity index (χ3n) is 5.62. The Balaban J connectivity index is 1.30. The van der Waals surface area contributed by atoms with E-state index in [2.05, 4.69) is 31.5 Å². The van der Waals surface area contributed by atoms with E-state index < -0.39 is 23.6 Å². The van der Waals surface area contributed by atoms with Gasteiger partial charge in [0.15, 0.2) is 5.69 Å². The highest BCUT2D eigenvalue weighted by Gasteiger charge is 2.56. The molecule has 2 N–H and O–H groups in total. The Morgan fingerprint density at radius 3 is 2.71 bits per heavy atom. The van der Waals surface area contributed by atoms with Crippen molar-refractivity contribution < 1.29 is 28.3 Å². The van der Waals surface area contributed by atoms with Gasteiger partial charge in [-0.1, -0.05) is 35.9 Å². The number of rotatable bonds is 5. The van der Waals surface area contributed by atoms with Crippen LogP contribution in [0.2, 0.25) is 4.34 Å². The first-order valence-corrected chi connectivity index (χ1v) is 11.6. The highest BCUT2D eigenvalue weighted by molar-refractivity contribution is 7.11. The van der Waals surface area contributed by atoms with Crippen LogP contribution in [0.4, 0.5) is 10.5 Å². The number of halogens is 1. The number of nitrogens with zero attached hydrogens (tertiary/aromatic N) is 3. The van der Waals surface area contributed by atoms with E-state index in [4.69, 9.17) is 25.2 Å². The number of carboxylic acid groups (broad SMARTS) is 1. The third-order valence-corrected chi connectivity index (χ3v) is 6.65. The summed E-state index contributed by atoms with van der Waals surface area (Å²) in [7, 11) is 0. The van der Waals surface area contributed by atoms with Crippen LogP contribution in [0.15, 0.2) is 33.1 Å². The van der Waals surface area contributed by atoms with Gasteiger partial charge in [0.05, 0.1) is 0 Å². The lowest BCUT2D eigenvalue weighted by atomic mass is 10.1. The van der Waals surface area contributed by atoms with E-state index in [1.165, 1.54) is 0 Å². The molecular formula is C23H17ClN4O6S. The molecule has 0 aliphatic heterocycles. The number of fused-ring (bicyclic) bond motifs is 1. The molecule has 0 saturated heterocycles. The van der Waals surface area contributed by atoms with Gasteiger partial charge < -0.3 is 18.7 Å². The fourth-order valence-electron chi connectivity index (χ4n) is 3.52. The molecule has 5 rings (SSSR count). The Morgan fingerprint density at radius 2 is 2.03 bits per heavy atom. The molecule has 0 bridgehead atoms. The summed E-state index contributed by atoms with van der Waals surface area (Å²) in [5, 5.41) is 12.0. The fraction of sp³-hybridized carbons (Fsp3) is 0.261. The molecule has 3 heterocycles. The first-order chi connectivity index (χ1) is 16.8. The lowest BCUT2D eigenvalue weighted by Crippen LogP contribution is -2.19. The van der Waals surface area contributed by atoms with Crippen molar-refractivity contribution in [3.8, 4) is 11.8 Å². The van der Waals surface area contributed by atoms with Crippen molar-refractivity contribution in [1.82, 2.24) is 14.3 Å². The van der Waals surface area contributed by atoms with E-state index in [9.17, 15) is 14.7 Å². The molecule has 178 valence electrons. The standard InChI is InChI=1S/C23H17ClN4O6S/c1-11-5-3-4-6-13(11)12(2)32-22(31)26-16-14(28-35-17(16)24)7-8-15-25-18-19(33-15)34-20(27-18)23(9-10-23)21(29)30/h3-6,12H,9-10H2,1-2H3,(H,26,31)(H,29,30). The van der Waals surface area contributed by atoms with Crippen molar-refractivity contribution in [2.24, 2.45) is 0 Å². The minimum atomic E-state index is -1.10. The number of hydrogen-bond donors (Lipinski definition) is 2. The van der Waals surface area contributed by atoms with Gasteiger partial charge in [0.1, 0.15) is 21.5 Å². The van der Waals surface area contributed by atoms with E-state index in [0.29, 0.717) is 12.8 Å². The predicted octanol–water partition coefficient (Wildman–Crippen LogP) is 5.06. The average Bonchev–Trinajstić information content (AvgIpc) is 3.25. The number of anilines is 1. The maximum atomic E-state index is 12.5. The summed E-state index contributed by atoms with van der Waals surface area (Å²) in [6.07, 6.45) is -0.286. The molecule has 1 saturated carbocycles. The SMILES string of the molecule is Cc1ccccc1C(C)OC(=O)Nc1c(C#Cc2nc3nc(C4(C(=O)O)CC4)oc3o2)nsc1Cl. The Labute approximate surface area is 207 Å². The average molecular weight is 513 g/mol.